The van der Waals surface area contributed by atoms with Crippen LogP contribution in [0.4, 0.5) is 5.69 Å². The molecule has 8 heteroatoms. The molecule has 194 valence electrons. The second kappa shape index (κ2) is 9.47. The molecule has 1 unspecified atom stereocenters. The van der Waals surface area contributed by atoms with Gasteiger partial charge in [0.2, 0.25) is 10.0 Å². The van der Waals surface area contributed by atoms with E-state index in [1.165, 1.54) is 24.3 Å². The number of pyridine rings is 1. The molecule has 1 amide bonds. The van der Waals surface area contributed by atoms with E-state index >= 15 is 0 Å². The van der Waals surface area contributed by atoms with Crippen molar-refractivity contribution >= 4 is 21.6 Å². The molecule has 2 N–H and O–H groups in total. The average molecular weight is 528 g/mol. The van der Waals surface area contributed by atoms with Gasteiger partial charge in [-0.25, -0.2) is 13.1 Å². The lowest BCUT2D eigenvalue weighted by Crippen LogP contribution is -2.41. The minimum absolute atomic E-state index is 0.0599. The Morgan fingerprint density at radius 2 is 1.47 bits per heavy atom. The number of nitrogens with one attached hydrogen (secondary N) is 1. The van der Waals surface area contributed by atoms with Crippen molar-refractivity contribution in [3.05, 3.63) is 114 Å². The Labute approximate surface area is 222 Å². The second-order valence-corrected chi connectivity index (χ2v) is 12.1. The molecule has 1 aliphatic heterocycles. The zero-order chi connectivity index (χ0) is 27.1. The summed E-state index contributed by atoms with van der Waals surface area (Å²) in [5.41, 5.74) is 1.79. The van der Waals surface area contributed by atoms with Crippen molar-refractivity contribution < 1.29 is 18.3 Å². The number of para-hydroxylation sites is 1. The number of carbonyl (C=O) groups is 1. The molecule has 0 saturated heterocycles. The van der Waals surface area contributed by atoms with E-state index < -0.39 is 27.1 Å². The maximum atomic E-state index is 13.8. The van der Waals surface area contributed by atoms with Gasteiger partial charge in [-0.05, 0) is 73.4 Å². The molecule has 0 fully saturated rings. The molecular formula is C30H29N3O4S. The van der Waals surface area contributed by atoms with E-state index in [1.807, 2.05) is 48.5 Å². The predicted molar refractivity (Wildman–Crippen MR) is 147 cm³/mol. The predicted octanol–water partition coefficient (Wildman–Crippen LogP) is 4.61. The third-order valence-corrected chi connectivity index (χ3v) is 8.24. The highest BCUT2D eigenvalue weighted by Crippen LogP contribution is 2.45. The number of hydrogen-bond donors (Lipinski definition) is 2. The number of anilines is 1. The molecule has 7 nitrogen and oxygen atoms in total. The number of fused-ring (bicyclic) bond motifs is 1. The Balaban J connectivity index is 1.45. The van der Waals surface area contributed by atoms with Crippen LogP contribution in [-0.2, 0) is 27.0 Å². The number of carbonyl (C=O) groups excluding carboxylic acids is 1. The first-order chi connectivity index (χ1) is 18.0. The molecule has 0 spiro atoms. The van der Waals surface area contributed by atoms with Gasteiger partial charge in [-0.15, -0.1) is 0 Å². The SMILES string of the molecule is CC(C)(C)NS(=O)(=O)c1ccc(C2(O)C(=O)N(Cc3ccc(-c4ccncc4)cc3)c3ccccc32)cc1. The van der Waals surface area contributed by atoms with Crippen molar-refractivity contribution in [3.63, 3.8) is 0 Å². The quantitative estimate of drug-likeness (QED) is 0.382. The average Bonchev–Trinajstić information content (AvgIpc) is 3.11. The van der Waals surface area contributed by atoms with Gasteiger partial charge in [0.1, 0.15) is 0 Å². The van der Waals surface area contributed by atoms with Crippen LogP contribution in [0.2, 0.25) is 0 Å². The molecule has 5 rings (SSSR count). The van der Waals surface area contributed by atoms with Crippen LogP contribution in [0.1, 0.15) is 37.5 Å². The van der Waals surface area contributed by atoms with Crippen molar-refractivity contribution in [2.75, 3.05) is 4.90 Å². The Kier molecular flexibility index (Phi) is 6.43. The summed E-state index contributed by atoms with van der Waals surface area (Å²) in [5.74, 6) is -0.486. The highest BCUT2D eigenvalue weighted by molar-refractivity contribution is 7.89. The molecule has 4 aromatic rings. The standard InChI is InChI=1S/C30H29N3O4S/c1-29(2,3)32-38(36,37)25-14-12-24(13-15-25)30(35)26-6-4-5-7-27(26)33(28(30)34)20-21-8-10-22(11-9-21)23-16-18-31-19-17-23/h4-19,32,35H,20H2,1-3H3. The van der Waals surface area contributed by atoms with Crippen LogP contribution in [0.3, 0.4) is 0 Å². The monoisotopic (exact) mass is 527 g/mol. The molecule has 0 radical (unpaired) electrons. The molecule has 0 aliphatic carbocycles. The summed E-state index contributed by atoms with van der Waals surface area (Å²) in [5, 5.41) is 11.8. The number of rotatable bonds is 6. The third-order valence-electron chi connectivity index (χ3n) is 6.47. The van der Waals surface area contributed by atoms with Gasteiger partial charge in [0.25, 0.3) is 5.91 Å². The van der Waals surface area contributed by atoms with Crippen molar-refractivity contribution in [2.24, 2.45) is 0 Å². The van der Waals surface area contributed by atoms with E-state index in [-0.39, 0.29) is 11.4 Å². The summed E-state index contributed by atoms with van der Waals surface area (Å²) in [6.45, 7) is 5.56. The topological polar surface area (TPSA) is 99.6 Å². The van der Waals surface area contributed by atoms with Gasteiger partial charge in [-0.2, -0.15) is 0 Å². The maximum Gasteiger partial charge on any atom is 0.268 e. The Hall–Kier alpha value is -3.85. The molecule has 1 aliphatic rings. The molecular weight excluding hydrogens is 498 g/mol. The minimum atomic E-state index is -3.76. The second-order valence-electron chi connectivity index (χ2n) is 10.4. The zero-order valence-electron chi connectivity index (χ0n) is 21.4. The molecule has 0 saturated carbocycles. The van der Waals surface area contributed by atoms with Gasteiger partial charge < -0.3 is 10.0 Å². The van der Waals surface area contributed by atoms with E-state index in [4.69, 9.17) is 0 Å². The first-order valence-corrected chi connectivity index (χ1v) is 13.7. The van der Waals surface area contributed by atoms with Gasteiger partial charge in [0.15, 0.2) is 5.60 Å². The van der Waals surface area contributed by atoms with Crippen LogP contribution in [-0.4, -0.2) is 30.0 Å². The first kappa shape index (κ1) is 25.8. The lowest BCUT2D eigenvalue weighted by atomic mass is 9.87. The van der Waals surface area contributed by atoms with Gasteiger partial charge in [0, 0.05) is 23.5 Å². The fourth-order valence-electron chi connectivity index (χ4n) is 4.74. The molecule has 1 aromatic heterocycles. The number of sulfonamides is 1. The normalized spacial score (nSPS) is 17.5. The van der Waals surface area contributed by atoms with E-state index in [1.54, 1.807) is 50.2 Å². The van der Waals surface area contributed by atoms with Crippen LogP contribution < -0.4 is 9.62 Å². The van der Waals surface area contributed by atoms with Crippen LogP contribution in [0.5, 0.6) is 0 Å². The highest BCUT2D eigenvalue weighted by atomic mass is 32.2. The lowest BCUT2D eigenvalue weighted by Gasteiger charge is -2.24. The summed E-state index contributed by atoms with van der Waals surface area (Å²) in [4.78, 5) is 19.5. The highest BCUT2D eigenvalue weighted by Gasteiger charge is 2.51. The van der Waals surface area contributed by atoms with Gasteiger partial charge in [0.05, 0.1) is 17.1 Å². The Morgan fingerprint density at radius 3 is 2.11 bits per heavy atom. The summed E-state index contributed by atoms with van der Waals surface area (Å²) < 4.78 is 28.1. The van der Waals surface area contributed by atoms with Crippen LogP contribution in [0.15, 0.2) is 102 Å². The number of benzene rings is 3. The summed E-state index contributed by atoms with van der Waals surface area (Å²) in [7, 11) is -3.76. The fourth-order valence-corrected chi connectivity index (χ4v) is 6.16. The number of aromatic nitrogens is 1. The van der Waals surface area contributed by atoms with Crippen molar-refractivity contribution in [1.82, 2.24) is 9.71 Å². The van der Waals surface area contributed by atoms with E-state index in [2.05, 4.69) is 9.71 Å². The van der Waals surface area contributed by atoms with Crippen LogP contribution in [0.25, 0.3) is 11.1 Å². The summed E-state index contributed by atoms with van der Waals surface area (Å²) >= 11 is 0. The van der Waals surface area contributed by atoms with E-state index in [0.717, 1.165) is 16.7 Å². The largest absolute Gasteiger partial charge is 0.372 e. The summed E-state index contributed by atoms with van der Waals surface area (Å²) in [6, 6.07) is 24.7. The third kappa shape index (κ3) is 4.74. The van der Waals surface area contributed by atoms with Gasteiger partial charge >= 0.3 is 0 Å². The Bertz CT molecular complexity index is 1580. The molecule has 0 bridgehead atoms. The number of aliphatic hydroxyl groups is 1. The Morgan fingerprint density at radius 1 is 0.868 bits per heavy atom. The lowest BCUT2D eigenvalue weighted by molar-refractivity contribution is -0.132. The van der Waals surface area contributed by atoms with Crippen molar-refractivity contribution in [2.45, 2.75) is 43.4 Å². The van der Waals surface area contributed by atoms with Crippen LogP contribution >= 0.6 is 0 Å². The zero-order valence-corrected chi connectivity index (χ0v) is 22.2. The molecule has 1 atom stereocenters. The van der Waals surface area contributed by atoms with Crippen molar-refractivity contribution in [1.29, 1.82) is 0 Å². The van der Waals surface area contributed by atoms with E-state index in [9.17, 15) is 18.3 Å². The number of amides is 1. The molecule has 3 aromatic carbocycles. The number of nitrogens with zero attached hydrogens (tertiary/aromatic N) is 2. The molecule has 38 heavy (non-hydrogen) atoms. The fraction of sp³-hybridized carbons (Fsp3) is 0.200. The van der Waals surface area contributed by atoms with Gasteiger partial charge in [-0.1, -0.05) is 54.6 Å². The maximum absolute atomic E-state index is 13.8. The van der Waals surface area contributed by atoms with Gasteiger partial charge in [-0.3, -0.25) is 9.78 Å². The summed E-state index contributed by atoms with van der Waals surface area (Å²) in [6.07, 6.45) is 3.49. The van der Waals surface area contributed by atoms with Crippen molar-refractivity contribution in [3.8, 4) is 11.1 Å². The van der Waals surface area contributed by atoms with Crippen LogP contribution in [0, 0.1) is 0 Å². The first-order valence-electron chi connectivity index (χ1n) is 12.3. The van der Waals surface area contributed by atoms with E-state index in [0.29, 0.717) is 16.8 Å². The smallest absolute Gasteiger partial charge is 0.268 e. The molecule has 2 heterocycles. The minimum Gasteiger partial charge on any atom is -0.372 e. The number of hydrogen-bond acceptors (Lipinski definition) is 5.